The molecule has 1 heterocycles. The van der Waals surface area contributed by atoms with Crippen molar-refractivity contribution in [2.45, 2.75) is 71.0 Å². The van der Waals surface area contributed by atoms with Crippen LogP contribution in [-0.2, 0) is 0 Å². The zero-order chi connectivity index (χ0) is 13.7. The van der Waals surface area contributed by atoms with Crippen molar-refractivity contribution in [2.24, 2.45) is 0 Å². The van der Waals surface area contributed by atoms with E-state index in [0.717, 1.165) is 24.2 Å². The van der Waals surface area contributed by atoms with Crippen molar-refractivity contribution < 1.29 is 9.84 Å². The van der Waals surface area contributed by atoms with E-state index in [1.54, 1.807) is 0 Å². The number of benzene rings is 1. The Balaban J connectivity index is 1.85. The molecule has 0 amide bonds. The lowest BCUT2D eigenvalue weighted by Gasteiger charge is -2.30. The molecule has 1 N–H and O–H groups in total. The Hall–Kier alpha value is -1.02. The summed E-state index contributed by atoms with van der Waals surface area (Å²) in [5, 5.41) is 10.2. The van der Waals surface area contributed by atoms with Gasteiger partial charge in [0.25, 0.3) is 0 Å². The molecule has 0 radical (unpaired) electrons. The van der Waals surface area contributed by atoms with E-state index < -0.39 is 0 Å². The molecule has 106 valence electrons. The molecule has 2 atom stereocenters. The van der Waals surface area contributed by atoms with Crippen molar-refractivity contribution in [3.05, 3.63) is 29.3 Å². The van der Waals surface area contributed by atoms with E-state index >= 15 is 0 Å². The second-order valence-corrected chi connectivity index (χ2v) is 5.74. The van der Waals surface area contributed by atoms with Crippen LogP contribution >= 0.6 is 0 Å². The summed E-state index contributed by atoms with van der Waals surface area (Å²) in [6.45, 7) is 4.28. The molecule has 1 aliphatic rings. The number of rotatable bonds is 6. The summed E-state index contributed by atoms with van der Waals surface area (Å²) in [6.07, 6.45) is 8.06. The van der Waals surface area contributed by atoms with Gasteiger partial charge in [-0.25, -0.2) is 0 Å². The largest absolute Gasteiger partial charge is 0.490 e. The third kappa shape index (κ3) is 3.97. The van der Waals surface area contributed by atoms with E-state index in [0.29, 0.717) is 0 Å². The molecular weight excluding hydrogens is 236 g/mol. The zero-order valence-electron chi connectivity index (χ0n) is 12.2. The molecule has 0 aliphatic carbocycles. The molecule has 0 spiro atoms. The molecule has 2 heteroatoms. The second kappa shape index (κ2) is 6.95. The number of fused-ring (bicyclic) bond motifs is 1. The molecule has 2 nitrogen and oxygen atoms in total. The quantitative estimate of drug-likeness (QED) is 0.763. The van der Waals surface area contributed by atoms with Crippen molar-refractivity contribution in [3.63, 3.8) is 0 Å². The summed E-state index contributed by atoms with van der Waals surface area (Å²) in [4.78, 5) is 0. The first-order chi connectivity index (χ1) is 9.20. The topological polar surface area (TPSA) is 29.5 Å². The summed E-state index contributed by atoms with van der Waals surface area (Å²) in [5.41, 5.74) is 2.14. The summed E-state index contributed by atoms with van der Waals surface area (Å²) in [6, 6.07) is 6.09. The molecular formula is C17H26O2. The average molecular weight is 262 g/mol. The molecule has 1 aliphatic heterocycles. The monoisotopic (exact) mass is 262 g/mol. The number of unbranched alkanes of at least 4 members (excludes halogenated alkanes) is 4. The fourth-order valence-corrected chi connectivity index (χ4v) is 2.79. The predicted molar refractivity (Wildman–Crippen MR) is 78.5 cm³/mol. The summed E-state index contributed by atoms with van der Waals surface area (Å²) in [5.74, 6) is 0.878. The van der Waals surface area contributed by atoms with Crippen molar-refractivity contribution >= 4 is 0 Å². The Morgan fingerprint density at radius 1 is 1.21 bits per heavy atom. The lowest BCUT2D eigenvalue weighted by molar-refractivity contribution is 0.0604. The lowest BCUT2D eigenvalue weighted by atomic mass is 9.95. The maximum Gasteiger partial charge on any atom is 0.125 e. The van der Waals surface area contributed by atoms with Gasteiger partial charge in [-0.2, -0.15) is 0 Å². The molecule has 1 aromatic rings. The zero-order valence-corrected chi connectivity index (χ0v) is 12.2. The normalized spacial score (nSPS) is 21.8. The molecule has 0 fully saturated rings. The van der Waals surface area contributed by atoms with Crippen LogP contribution in [0, 0.1) is 6.92 Å². The van der Waals surface area contributed by atoms with Gasteiger partial charge in [0.1, 0.15) is 11.9 Å². The van der Waals surface area contributed by atoms with E-state index in [9.17, 15) is 5.11 Å². The van der Waals surface area contributed by atoms with E-state index in [2.05, 4.69) is 13.0 Å². The fourth-order valence-electron chi connectivity index (χ4n) is 2.79. The highest BCUT2D eigenvalue weighted by atomic mass is 16.5. The summed E-state index contributed by atoms with van der Waals surface area (Å²) >= 11 is 0. The molecule has 19 heavy (non-hydrogen) atoms. The van der Waals surface area contributed by atoms with Gasteiger partial charge < -0.3 is 9.84 Å². The Morgan fingerprint density at radius 3 is 2.79 bits per heavy atom. The molecule has 1 aromatic carbocycles. The second-order valence-electron chi connectivity index (χ2n) is 5.74. The van der Waals surface area contributed by atoms with E-state index in [1.165, 1.54) is 37.7 Å². The van der Waals surface area contributed by atoms with Gasteiger partial charge in [0.15, 0.2) is 0 Å². The highest BCUT2D eigenvalue weighted by Crippen LogP contribution is 2.36. The first kappa shape index (κ1) is 14.4. The minimum atomic E-state index is -0.357. The summed E-state index contributed by atoms with van der Waals surface area (Å²) in [7, 11) is 0. The van der Waals surface area contributed by atoms with Crippen LogP contribution in [0.2, 0.25) is 0 Å². The molecule has 0 bridgehead atoms. The molecule has 0 aromatic heterocycles. The lowest BCUT2D eigenvalue weighted by Crippen LogP contribution is -2.25. The standard InChI is InChI=1S/C17H26O2/c1-3-4-5-6-7-8-14-12-16(18)15-11-13(2)9-10-17(15)19-14/h9-11,14,16,18H,3-8,12H2,1-2H3. The molecule has 2 rings (SSSR count). The first-order valence-electron chi connectivity index (χ1n) is 7.66. The summed E-state index contributed by atoms with van der Waals surface area (Å²) < 4.78 is 6.00. The van der Waals surface area contributed by atoms with Gasteiger partial charge in [0, 0.05) is 12.0 Å². The van der Waals surface area contributed by atoms with Crippen LogP contribution < -0.4 is 4.74 Å². The SMILES string of the molecule is CCCCCCCC1CC(O)c2cc(C)ccc2O1. The highest BCUT2D eigenvalue weighted by Gasteiger charge is 2.26. The minimum Gasteiger partial charge on any atom is -0.490 e. The van der Waals surface area contributed by atoms with Crippen molar-refractivity contribution in [1.29, 1.82) is 0 Å². The number of aliphatic hydroxyl groups excluding tert-OH is 1. The van der Waals surface area contributed by atoms with Crippen LogP contribution in [0.5, 0.6) is 5.75 Å². The van der Waals surface area contributed by atoms with Gasteiger partial charge in [-0.05, 0) is 31.9 Å². The molecule has 2 unspecified atom stereocenters. The predicted octanol–water partition coefficient (Wildman–Crippen LogP) is 4.54. The molecule has 0 saturated heterocycles. The maximum absolute atomic E-state index is 10.2. The molecule has 0 saturated carbocycles. The van der Waals surface area contributed by atoms with Crippen LogP contribution in [0.25, 0.3) is 0 Å². The van der Waals surface area contributed by atoms with Crippen molar-refractivity contribution in [1.82, 2.24) is 0 Å². The van der Waals surface area contributed by atoms with Gasteiger partial charge in [-0.15, -0.1) is 0 Å². The number of hydrogen-bond acceptors (Lipinski definition) is 2. The first-order valence-corrected chi connectivity index (χ1v) is 7.66. The van der Waals surface area contributed by atoms with Crippen LogP contribution in [0.1, 0.15) is 69.1 Å². The van der Waals surface area contributed by atoms with E-state index in [4.69, 9.17) is 4.74 Å². The van der Waals surface area contributed by atoms with Crippen molar-refractivity contribution in [3.8, 4) is 5.75 Å². The average Bonchev–Trinajstić information content (AvgIpc) is 2.39. The smallest absolute Gasteiger partial charge is 0.125 e. The van der Waals surface area contributed by atoms with Gasteiger partial charge in [-0.3, -0.25) is 0 Å². The van der Waals surface area contributed by atoms with Crippen LogP contribution in [0.3, 0.4) is 0 Å². The maximum atomic E-state index is 10.2. The van der Waals surface area contributed by atoms with Gasteiger partial charge in [-0.1, -0.05) is 44.2 Å². The van der Waals surface area contributed by atoms with Crippen molar-refractivity contribution in [2.75, 3.05) is 0 Å². The highest BCUT2D eigenvalue weighted by molar-refractivity contribution is 5.40. The fraction of sp³-hybridized carbons (Fsp3) is 0.647. The van der Waals surface area contributed by atoms with Crippen LogP contribution in [0.4, 0.5) is 0 Å². The number of aryl methyl sites for hydroxylation is 1. The van der Waals surface area contributed by atoms with Gasteiger partial charge >= 0.3 is 0 Å². The third-order valence-corrected chi connectivity index (χ3v) is 3.93. The minimum absolute atomic E-state index is 0.187. The number of hydrogen-bond donors (Lipinski definition) is 1. The number of ether oxygens (including phenoxy) is 1. The third-order valence-electron chi connectivity index (χ3n) is 3.93. The Bertz CT molecular complexity index is 400. The van der Waals surface area contributed by atoms with E-state index in [1.807, 2.05) is 19.1 Å². The van der Waals surface area contributed by atoms with Gasteiger partial charge in [0.2, 0.25) is 0 Å². The van der Waals surface area contributed by atoms with E-state index in [-0.39, 0.29) is 12.2 Å². The van der Waals surface area contributed by atoms with Crippen LogP contribution in [0.15, 0.2) is 18.2 Å². The van der Waals surface area contributed by atoms with Crippen LogP contribution in [-0.4, -0.2) is 11.2 Å². The Labute approximate surface area is 116 Å². The Morgan fingerprint density at radius 2 is 2.00 bits per heavy atom. The Kier molecular flexibility index (Phi) is 5.26. The van der Waals surface area contributed by atoms with Gasteiger partial charge in [0.05, 0.1) is 6.10 Å². The number of aliphatic hydroxyl groups is 1.